The van der Waals surface area contributed by atoms with Gasteiger partial charge < -0.3 is 0 Å². The molecule has 0 bridgehead atoms. The van der Waals surface area contributed by atoms with Crippen molar-refractivity contribution < 1.29 is 17.7 Å². The van der Waals surface area contributed by atoms with Gasteiger partial charge in [0.05, 0.1) is 31.3 Å². The van der Waals surface area contributed by atoms with Crippen LogP contribution in [0.15, 0.2) is 60.9 Å². The zero-order chi connectivity index (χ0) is 20.3. The van der Waals surface area contributed by atoms with Crippen LogP contribution in [0.4, 0.5) is 13.2 Å². The summed E-state index contributed by atoms with van der Waals surface area (Å²) >= 11 is 0. The van der Waals surface area contributed by atoms with Crippen LogP contribution in [0, 0.1) is 11.3 Å². The Morgan fingerprint density at radius 1 is 1.07 bits per heavy atom. The highest BCUT2D eigenvalue weighted by Crippen LogP contribution is 2.33. The number of alkyl halides is 3. The Kier molecular flexibility index (Phi) is 5.59. The lowest BCUT2D eigenvalue weighted by Gasteiger charge is -2.24. The van der Waals surface area contributed by atoms with E-state index in [9.17, 15) is 13.2 Å². The number of aromatic nitrogens is 2. The quantitative estimate of drug-likeness (QED) is 0.493. The number of benzene rings is 2. The summed E-state index contributed by atoms with van der Waals surface area (Å²) in [6.07, 6.45) is 0.149. The highest BCUT2D eigenvalue weighted by molar-refractivity contribution is 6.50. The largest absolute Gasteiger partial charge is 0.416 e. The van der Waals surface area contributed by atoms with Crippen molar-refractivity contribution in [3.05, 3.63) is 83.2 Å². The number of halogens is 3. The molecule has 3 aromatic rings. The molecular weight excluding hydrogens is 362 g/mol. The molecule has 1 heterocycles. The molecule has 28 heavy (non-hydrogen) atoms. The number of rotatable bonds is 5. The number of imidazole rings is 1. The third kappa shape index (κ3) is 4.28. The Labute approximate surface area is 162 Å². The van der Waals surface area contributed by atoms with E-state index >= 15 is 0 Å². The smallest absolute Gasteiger partial charge is 0.280 e. The second-order valence-electron chi connectivity index (χ2n) is 6.72. The standard InChI is InChI=1S/C21H19BF3N3/c1-27-11-12-28(2)20(27)22-13-19(16-5-3-15(14-26)4-6-16)17-7-9-18(10-8-17)21(23,24)25/h3-12,19H,13H2,1-2H3/t19-/m0/s1. The van der Waals surface area contributed by atoms with Crippen molar-refractivity contribution in [2.45, 2.75) is 18.4 Å². The van der Waals surface area contributed by atoms with Crippen LogP contribution in [0.1, 0.15) is 28.2 Å². The van der Waals surface area contributed by atoms with Crippen molar-refractivity contribution in [1.29, 1.82) is 5.26 Å². The third-order valence-electron chi connectivity index (χ3n) is 4.86. The van der Waals surface area contributed by atoms with Crippen LogP contribution in [-0.4, -0.2) is 11.8 Å². The van der Waals surface area contributed by atoms with Gasteiger partial charge in [-0.2, -0.15) is 25.7 Å². The second kappa shape index (κ2) is 7.93. The Bertz CT molecular complexity index is 964. The molecule has 7 heteroatoms. The molecule has 2 aromatic carbocycles. The molecule has 0 unspecified atom stereocenters. The van der Waals surface area contributed by atoms with E-state index < -0.39 is 11.7 Å². The van der Waals surface area contributed by atoms with Gasteiger partial charge >= 0.3 is 6.18 Å². The average Bonchev–Trinajstić information content (AvgIpc) is 3.00. The zero-order valence-electron chi connectivity index (χ0n) is 15.6. The molecule has 0 fully saturated rings. The summed E-state index contributed by atoms with van der Waals surface area (Å²) in [6.45, 7) is 0. The highest BCUT2D eigenvalue weighted by atomic mass is 19.4. The first-order chi connectivity index (χ1) is 13.3. The molecule has 0 aliphatic carbocycles. The van der Waals surface area contributed by atoms with Crippen LogP contribution in [0.3, 0.4) is 0 Å². The van der Waals surface area contributed by atoms with Crippen molar-refractivity contribution in [1.82, 2.24) is 4.57 Å². The molecule has 3 rings (SSSR count). The summed E-state index contributed by atoms with van der Waals surface area (Å²) in [6, 6.07) is 14.6. The molecular formula is C21H19BF3N3. The van der Waals surface area contributed by atoms with Crippen LogP contribution in [0.2, 0.25) is 6.32 Å². The van der Waals surface area contributed by atoms with Crippen molar-refractivity contribution in [3.63, 3.8) is 0 Å². The molecule has 0 amide bonds. The van der Waals surface area contributed by atoms with E-state index in [1.807, 2.05) is 47.8 Å². The lowest BCUT2D eigenvalue weighted by atomic mass is 9.65. The van der Waals surface area contributed by atoms with Gasteiger partial charge in [0.1, 0.15) is 12.4 Å². The SMILES string of the molecule is Cn1cc[n+](C)c1[B-]C[C@@H](c1ccc(C#N)cc1)c1ccc(C(F)(F)F)cc1. The zero-order valence-corrected chi connectivity index (χ0v) is 15.6. The fourth-order valence-corrected chi connectivity index (χ4v) is 3.27. The molecule has 0 saturated heterocycles. The minimum Gasteiger partial charge on any atom is -0.280 e. The average molecular weight is 381 g/mol. The van der Waals surface area contributed by atoms with E-state index in [0.717, 1.165) is 29.0 Å². The first-order valence-electron chi connectivity index (χ1n) is 8.81. The third-order valence-corrected chi connectivity index (χ3v) is 4.86. The maximum absolute atomic E-state index is 12.9. The Morgan fingerprint density at radius 3 is 2.11 bits per heavy atom. The predicted molar refractivity (Wildman–Crippen MR) is 101 cm³/mol. The first kappa shape index (κ1) is 19.7. The van der Waals surface area contributed by atoms with Gasteiger partial charge in [0.25, 0.3) is 0 Å². The van der Waals surface area contributed by atoms with Crippen molar-refractivity contribution in [2.24, 2.45) is 14.1 Å². The van der Waals surface area contributed by atoms with Gasteiger partial charge in [-0.25, -0.2) is 6.32 Å². The van der Waals surface area contributed by atoms with Gasteiger partial charge in [0, 0.05) is 5.72 Å². The minimum atomic E-state index is -4.36. The van der Waals surface area contributed by atoms with E-state index in [2.05, 4.69) is 13.3 Å². The summed E-state index contributed by atoms with van der Waals surface area (Å²) in [4.78, 5) is 0. The summed E-state index contributed by atoms with van der Waals surface area (Å²) < 4.78 is 42.7. The topological polar surface area (TPSA) is 32.6 Å². The molecule has 0 N–H and O–H groups in total. The van der Waals surface area contributed by atoms with Gasteiger partial charge in [-0.15, -0.1) is 0 Å². The van der Waals surface area contributed by atoms with E-state index in [1.165, 1.54) is 12.1 Å². The normalized spacial score (nSPS) is 12.6. The van der Waals surface area contributed by atoms with E-state index in [4.69, 9.17) is 5.26 Å². The van der Waals surface area contributed by atoms with Crippen LogP contribution >= 0.6 is 0 Å². The number of hydrogen-bond acceptors (Lipinski definition) is 1. The van der Waals surface area contributed by atoms with Gasteiger partial charge in [-0.05, 0) is 41.3 Å². The van der Waals surface area contributed by atoms with Gasteiger partial charge in [0.2, 0.25) is 0 Å². The van der Waals surface area contributed by atoms with Crippen LogP contribution in [-0.2, 0) is 20.3 Å². The molecule has 1 atom stereocenters. The van der Waals surface area contributed by atoms with Gasteiger partial charge in [-0.3, -0.25) is 9.13 Å². The second-order valence-corrected chi connectivity index (χ2v) is 6.72. The monoisotopic (exact) mass is 381 g/mol. The Hall–Kier alpha value is -3.01. The maximum Gasteiger partial charge on any atom is 0.416 e. The Morgan fingerprint density at radius 2 is 1.64 bits per heavy atom. The Balaban J connectivity index is 1.92. The lowest BCUT2D eigenvalue weighted by Crippen LogP contribution is -2.49. The van der Waals surface area contributed by atoms with Crippen LogP contribution in [0.5, 0.6) is 0 Å². The van der Waals surface area contributed by atoms with Crippen molar-refractivity contribution in [2.75, 3.05) is 0 Å². The van der Waals surface area contributed by atoms with Gasteiger partial charge in [0.15, 0.2) is 0 Å². The number of aryl methyl sites for hydroxylation is 2. The minimum absolute atomic E-state index is 0.120. The molecule has 3 nitrogen and oxygen atoms in total. The highest BCUT2D eigenvalue weighted by Gasteiger charge is 2.30. The fourth-order valence-electron chi connectivity index (χ4n) is 3.27. The van der Waals surface area contributed by atoms with E-state index in [1.54, 1.807) is 12.1 Å². The molecule has 1 aromatic heterocycles. The predicted octanol–water partition coefficient (Wildman–Crippen LogP) is 3.32. The van der Waals surface area contributed by atoms with Crippen molar-refractivity contribution in [3.8, 4) is 6.07 Å². The number of nitrogens with zero attached hydrogens (tertiary/aromatic N) is 3. The fraction of sp³-hybridized carbons (Fsp3) is 0.238. The molecule has 0 aliphatic rings. The summed E-state index contributed by atoms with van der Waals surface area (Å²) in [5.74, 6) is -0.120. The first-order valence-corrected chi connectivity index (χ1v) is 8.81. The molecule has 0 saturated carbocycles. The van der Waals surface area contributed by atoms with Crippen molar-refractivity contribution >= 4 is 13.0 Å². The summed E-state index contributed by atoms with van der Waals surface area (Å²) in [5, 5.41) is 9.01. The number of hydrogen-bond donors (Lipinski definition) is 0. The molecule has 0 spiro atoms. The number of nitriles is 1. The molecule has 0 aliphatic heterocycles. The summed E-state index contributed by atoms with van der Waals surface area (Å²) in [7, 11) is 5.96. The molecule has 142 valence electrons. The van der Waals surface area contributed by atoms with E-state index in [0.29, 0.717) is 11.9 Å². The van der Waals surface area contributed by atoms with Crippen LogP contribution in [0.25, 0.3) is 0 Å². The lowest BCUT2D eigenvalue weighted by molar-refractivity contribution is -0.653. The molecule has 2 radical (unpaired) electrons. The van der Waals surface area contributed by atoms with Crippen LogP contribution < -0.4 is 10.3 Å². The summed E-state index contributed by atoms with van der Waals surface area (Å²) in [5.41, 5.74) is 2.64. The maximum atomic E-state index is 12.9. The van der Waals surface area contributed by atoms with Gasteiger partial charge in [-0.1, -0.05) is 24.3 Å². The van der Waals surface area contributed by atoms with E-state index in [-0.39, 0.29) is 5.92 Å².